The number of nitrogens with zero attached hydrogens (tertiary/aromatic N) is 5. The molecule has 0 radical (unpaired) electrons. The minimum absolute atomic E-state index is 0. The first kappa shape index (κ1) is 38.6. The Morgan fingerprint density at radius 2 is 1.28 bits per heavy atom. The molecule has 0 bridgehead atoms. The average Bonchev–Trinajstić information content (AvgIpc) is 3.82. The van der Waals surface area contributed by atoms with E-state index in [0.29, 0.717) is 17.2 Å². The van der Waals surface area contributed by atoms with Gasteiger partial charge in [-0.25, -0.2) is 9.83 Å². The fourth-order valence-corrected chi connectivity index (χ4v) is 7.91. The Balaban J connectivity index is 0.00000462. The fourth-order valence-electron chi connectivity index (χ4n) is 7.91. The second-order valence-corrected chi connectivity index (χ2v) is 15.7. The van der Waals surface area contributed by atoms with Gasteiger partial charge in [-0.05, 0) is 87.1 Å². The van der Waals surface area contributed by atoms with Gasteiger partial charge in [-0.3, -0.25) is 0 Å². The van der Waals surface area contributed by atoms with E-state index in [1.54, 1.807) is 0 Å². The van der Waals surface area contributed by atoms with Crippen molar-refractivity contribution in [1.29, 1.82) is 0 Å². The van der Waals surface area contributed by atoms with Gasteiger partial charge in [0.1, 0.15) is 18.1 Å². The molecule has 7 aromatic carbocycles. The van der Waals surface area contributed by atoms with E-state index in [-0.39, 0.29) is 26.5 Å². The Labute approximate surface area is 365 Å². The molecule has 6 nitrogen and oxygen atoms in total. The number of benzene rings is 7. The van der Waals surface area contributed by atoms with Gasteiger partial charge in [0, 0.05) is 55.6 Å². The van der Waals surface area contributed by atoms with Gasteiger partial charge in [0.15, 0.2) is 0 Å². The number of ether oxygens (including phenoxy) is 1. The van der Waals surface area contributed by atoms with Crippen molar-refractivity contribution in [3.8, 4) is 39.6 Å². The van der Waals surface area contributed by atoms with Crippen molar-refractivity contribution in [1.82, 2.24) is 9.55 Å². The number of anilines is 4. The molecule has 2 aromatic heterocycles. The first-order valence-electron chi connectivity index (χ1n) is 19.6. The first-order valence-corrected chi connectivity index (χ1v) is 19.6. The molecule has 9 aromatic rings. The van der Waals surface area contributed by atoms with E-state index in [1.807, 2.05) is 54.7 Å². The van der Waals surface area contributed by atoms with Crippen LogP contribution in [-0.4, -0.2) is 9.55 Å². The molecule has 10 rings (SSSR count). The summed E-state index contributed by atoms with van der Waals surface area (Å²) in [7, 11) is 0. The molecule has 3 heterocycles. The van der Waals surface area contributed by atoms with Gasteiger partial charge in [-0.2, -0.15) is 6.07 Å². The molecule has 0 saturated heterocycles. The smallest absolute Gasteiger partial charge is 0.249 e. The van der Waals surface area contributed by atoms with Crippen LogP contribution in [0.4, 0.5) is 28.4 Å². The van der Waals surface area contributed by atoms with Gasteiger partial charge >= 0.3 is 0 Å². The van der Waals surface area contributed by atoms with E-state index in [2.05, 4.69) is 174 Å². The molecule has 0 spiro atoms. The monoisotopic (exact) mass is 955 g/mol. The van der Waals surface area contributed by atoms with Crippen LogP contribution in [0.2, 0.25) is 0 Å². The molecular weight excluding hydrogens is 918 g/mol. The zero-order chi connectivity index (χ0) is 40.1. The number of rotatable bonds is 7. The molecule has 1 aliphatic rings. The summed E-state index contributed by atoms with van der Waals surface area (Å²) in [6.45, 7) is 16.9. The Bertz CT molecular complexity index is 3010. The minimum Gasteiger partial charge on any atom is -0.501 e. The summed E-state index contributed by atoms with van der Waals surface area (Å²) in [6, 6.07) is 63.3. The fraction of sp³-hybridized carbons (Fsp3) is 0.0755. The van der Waals surface area contributed by atoms with Gasteiger partial charge in [0.25, 0.3) is 0 Å². The van der Waals surface area contributed by atoms with E-state index in [9.17, 15) is 0 Å². The van der Waals surface area contributed by atoms with Crippen molar-refractivity contribution in [2.24, 2.45) is 0 Å². The second kappa shape index (κ2) is 15.7. The first-order chi connectivity index (χ1) is 28.8. The molecule has 0 fully saturated rings. The Kier molecular flexibility index (Phi) is 10.1. The molecular formula is C53H38N5OPt-3. The molecule has 0 aliphatic carbocycles. The van der Waals surface area contributed by atoms with E-state index < -0.39 is 0 Å². The Morgan fingerprint density at radius 3 is 1.97 bits per heavy atom. The molecule has 0 amide bonds. The summed E-state index contributed by atoms with van der Waals surface area (Å²) in [5.74, 6) is 1.59. The topological polar surface area (TPSA) is 37.9 Å². The predicted molar refractivity (Wildman–Crippen MR) is 240 cm³/mol. The second-order valence-electron chi connectivity index (χ2n) is 15.7. The number of fused-ring (bicyclic) bond motifs is 4. The molecule has 1 aliphatic heterocycles. The standard InChI is InChI=1S/C53H38N5O.Pt/c1-53(2,3)40-26-27-55-52(31-40)58-47-23-12-11-22-44(47)45-33-46(54-4)51(34-50(45)58)59-43-21-15-20-41(32-43)56-35-57(49-25-14-13-24-48(49)56)42-29-38(36-16-7-5-8-17-36)28-39(30-42)37-18-9-6-10-19-37;/h5-31,33,35H,1-3H3;/q-3;. The maximum absolute atomic E-state index is 8.18. The molecule has 60 heavy (non-hydrogen) atoms. The molecule has 0 unspecified atom stereocenters. The summed E-state index contributed by atoms with van der Waals surface area (Å²) in [5, 5.41) is 1.93. The third-order valence-electron chi connectivity index (χ3n) is 10.9. The van der Waals surface area contributed by atoms with Crippen LogP contribution in [0.3, 0.4) is 0 Å². The van der Waals surface area contributed by atoms with Crippen molar-refractivity contribution < 1.29 is 25.8 Å². The maximum atomic E-state index is 8.18. The summed E-state index contributed by atoms with van der Waals surface area (Å²) in [5.41, 5.74) is 11.7. The molecule has 294 valence electrons. The quantitative estimate of drug-likeness (QED) is 0.149. The van der Waals surface area contributed by atoms with Crippen LogP contribution in [0.5, 0.6) is 11.5 Å². The number of para-hydroxylation sites is 3. The minimum atomic E-state index is -0.0613. The van der Waals surface area contributed by atoms with Crippen LogP contribution >= 0.6 is 0 Å². The normalized spacial score (nSPS) is 12.3. The van der Waals surface area contributed by atoms with Crippen LogP contribution < -0.4 is 14.5 Å². The van der Waals surface area contributed by atoms with Gasteiger partial charge in [-0.15, -0.1) is 36.6 Å². The zero-order valence-electron chi connectivity index (χ0n) is 33.2. The van der Waals surface area contributed by atoms with E-state index in [0.717, 1.165) is 72.6 Å². The molecule has 0 saturated carbocycles. The third kappa shape index (κ3) is 7.02. The maximum Gasteiger partial charge on any atom is 0.249 e. The van der Waals surface area contributed by atoms with Crippen molar-refractivity contribution >= 4 is 50.2 Å². The van der Waals surface area contributed by atoms with Gasteiger partial charge in [-0.1, -0.05) is 129 Å². The third-order valence-corrected chi connectivity index (χ3v) is 10.9. The van der Waals surface area contributed by atoms with Gasteiger partial charge in [0.2, 0.25) is 5.69 Å². The van der Waals surface area contributed by atoms with Crippen molar-refractivity contribution in [3.63, 3.8) is 0 Å². The van der Waals surface area contributed by atoms with Crippen LogP contribution in [0.15, 0.2) is 170 Å². The van der Waals surface area contributed by atoms with E-state index in [1.165, 1.54) is 5.56 Å². The number of aromatic nitrogens is 2. The summed E-state index contributed by atoms with van der Waals surface area (Å²) in [4.78, 5) is 13.1. The molecule has 7 heteroatoms. The van der Waals surface area contributed by atoms with Crippen molar-refractivity contribution in [3.05, 3.63) is 206 Å². The summed E-state index contributed by atoms with van der Waals surface area (Å²) in [6.07, 6.45) is 1.86. The van der Waals surface area contributed by atoms with Crippen LogP contribution in [0.1, 0.15) is 26.3 Å². The van der Waals surface area contributed by atoms with Crippen molar-refractivity contribution in [2.75, 3.05) is 9.80 Å². The number of hydrogen-bond donors (Lipinski definition) is 0. The van der Waals surface area contributed by atoms with E-state index >= 15 is 0 Å². The van der Waals surface area contributed by atoms with Crippen LogP contribution in [-0.2, 0) is 26.5 Å². The Hall–Kier alpha value is -6.93. The summed E-state index contributed by atoms with van der Waals surface area (Å²) >= 11 is 0. The molecule has 0 N–H and O–H groups in total. The number of pyridine rings is 1. The summed E-state index contributed by atoms with van der Waals surface area (Å²) < 4.78 is 8.70. The van der Waals surface area contributed by atoms with Crippen LogP contribution in [0.25, 0.3) is 54.7 Å². The van der Waals surface area contributed by atoms with Gasteiger partial charge in [0.05, 0.1) is 0 Å². The molecule has 0 atom stereocenters. The van der Waals surface area contributed by atoms with Crippen molar-refractivity contribution in [2.45, 2.75) is 26.2 Å². The largest absolute Gasteiger partial charge is 0.501 e. The zero-order valence-corrected chi connectivity index (χ0v) is 35.5. The van der Waals surface area contributed by atoms with E-state index in [4.69, 9.17) is 16.3 Å². The predicted octanol–water partition coefficient (Wildman–Crippen LogP) is 14.2. The Morgan fingerprint density at radius 1 is 0.633 bits per heavy atom. The SMILES string of the molecule is [C-]#[N+]c1cc2c3ccccc3n(-c3cc(C(C)(C)C)ccn3)c2[c-]c1Oc1[c-]c(N2[CH-]N(c3cc(-c4ccccc4)cc(-c4ccccc4)c3)c3ccccc32)ccc1.[Pt]. The van der Waals surface area contributed by atoms with Crippen LogP contribution in [0, 0.1) is 25.4 Å². The van der Waals surface area contributed by atoms with Gasteiger partial charge < -0.3 is 19.1 Å². The average molecular weight is 956 g/mol. The number of hydrogen-bond acceptors (Lipinski definition) is 4.